The fraction of sp³-hybridized carbons (Fsp3) is 0.353. The van der Waals surface area contributed by atoms with Crippen LogP contribution >= 0.6 is 0 Å². The Kier molecular flexibility index (Phi) is 6.40. The zero-order valence-electron chi connectivity index (χ0n) is 13.4. The van der Waals surface area contributed by atoms with Gasteiger partial charge in [0.25, 0.3) is 0 Å². The van der Waals surface area contributed by atoms with Crippen molar-refractivity contribution in [2.75, 3.05) is 19.3 Å². The van der Waals surface area contributed by atoms with Gasteiger partial charge >= 0.3 is 6.03 Å². The molecule has 2 amide bonds. The monoisotopic (exact) mass is 334 g/mol. The van der Waals surface area contributed by atoms with Crippen molar-refractivity contribution < 1.29 is 13.4 Å². The summed E-state index contributed by atoms with van der Waals surface area (Å²) in [5.41, 5.74) is 1.04. The van der Waals surface area contributed by atoms with Crippen LogP contribution in [0.3, 0.4) is 0 Å². The summed E-state index contributed by atoms with van der Waals surface area (Å²) in [6, 6.07) is 13.0. The van der Waals surface area contributed by atoms with Gasteiger partial charge in [0.1, 0.15) is 5.76 Å². The van der Waals surface area contributed by atoms with Crippen molar-refractivity contribution in [3.05, 3.63) is 60.1 Å². The maximum Gasteiger partial charge on any atom is 0.317 e. The van der Waals surface area contributed by atoms with Crippen molar-refractivity contribution in [3.8, 4) is 0 Å². The SMILES string of the molecule is C[C@H](c1ccco1)N(C)C(=O)NCC[S@@](=O)Cc1ccccc1. The number of carbonyl (C=O) groups excluding carboxylic acids is 1. The smallest absolute Gasteiger partial charge is 0.317 e. The number of nitrogens with one attached hydrogen (secondary N) is 1. The zero-order chi connectivity index (χ0) is 16.7. The third-order valence-corrected chi connectivity index (χ3v) is 4.95. The molecule has 0 radical (unpaired) electrons. The second kappa shape index (κ2) is 8.53. The lowest BCUT2D eigenvalue weighted by atomic mass is 10.2. The van der Waals surface area contributed by atoms with E-state index in [1.165, 1.54) is 0 Å². The molecule has 0 saturated carbocycles. The van der Waals surface area contributed by atoms with Gasteiger partial charge in [0.2, 0.25) is 0 Å². The van der Waals surface area contributed by atoms with Crippen molar-refractivity contribution in [1.82, 2.24) is 10.2 Å². The predicted molar refractivity (Wildman–Crippen MR) is 91.4 cm³/mol. The van der Waals surface area contributed by atoms with E-state index >= 15 is 0 Å². The number of hydrogen-bond acceptors (Lipinski definition) is 3. The fourth-order valence-corrected chi connectivity index (χ4v) is 3.16. The third kappa shape index (κ3) is 5.25. The highest BCUT2D eigenvalue weighted by atomic mass is 32.2. The molecular weight excluding hydrogens is 312 g/mol. The molecule has 0 bridgehead atoms. The van der Waals surface area contributed by atoms with E-state index in [1.54, 1.807) is 24.3 Å². The zero-order valence-corrected chi connectivity index (χ0v) is 14.2. The van der Waals surface area contributed by atoms with Crippen LogP contribution in [0.15, 0.2) is 53.1 Å². The molecule has 0 aliphatic heterocycles. The molecule has 2 atom stereocenters. The van der Waals surface area contributed by atoms with Crippen molar-refractivity contribution in [1.29, 1.82) is 0 Å². The Bertz CT molecular complexity index is 629. The summed E-state index contributed by atoms with van der Waals surface area (Å²) in [5, 5.41) is 2.79. The van der Waals surface area contributed by atoms with Gasteiger partial charge in [-0.1, -0.05) is 30.3 Å². The van der Waals surface area contributed by atoms with Gasteiger partial charge in [-0.3, -0.25) is 4.21 Å². The lowest BCUT2D eigenvalue weighted by molar-refractivity contribution is 0.188. The molecule has 0 unspecified atom stereocenters. The molecule has 1 heterocycles. The predicted octanol–water partition coefficient (Wildman–Crippen LogP) is 2.93. The molecule has 6 heteroatoms. The summed E-state index contributed by atoms with van der Waals surface area (Å²) in [4.78, 5) is 13.7. The Balaban J connectivity index is 1.73. The van der Waals surface area contributed by atoms with Gasteiger partial charge in [-0.25, -0.2) is 4.79 Å². The largest absolute Gasteiger partial charge is 0.467 e. The molecule has 0 aliphatic rings. The van der Waals surface area contributed by atoms with Crippen LogP contribution in [0.25, 0.3) is 0 Å². The number of nitrogens with zero attached hydrogens (tertiary/aromatic N) is 1. The average molecular weight is 334 g/mol. The summed E-state index contributed by atoms with van der Waals surface area (Å²) in [5.74, 6) is 1.68. The number of benzene rings is 1. The van der Waals surface area contributed by atoms with Gasteiger partial charge < -0.3 is 14.6 Å². The molecule has 0 aliphatic carbocycles. The molecule has 0 saturated heterocycles. The van der Waals surface area contributed by atoms with Crippen LogP contribution in [0.5, 0.6) is 0 Å². The van der Waals surface area contributed by atoms with Crippen molar-refractivity contribution >= 4 is 16.8 Å². The van der Waals surface area contributed by atoms with E-state index in [9.17, 15) is 9.00 Å². The molecule has 1 aromatic heterocycles. The van der Waals surface area contributed by atoms with Gasteiger partial charge in [0, 0.05) is 35.9 Å². The summed E-state index contributed by atoms with van der Waals surface area (Å²) in [6.07, 6.45) is 1.59. The van der Waals surface area contributed by atoms with Crippen molar-refractivity contribution in [2.24, 2.45) is 0 Å². The van der Waals surface area contributed by atoms with E-state index in [0.29, 0.717) is 18.1 Å². The summed E-state index contributed by atoms with van der Waals surface area (Å²) in [7, 11) is 0.719. The first-order valence-corrected chi connectivity index (χ1v) is 8.99. The first-order chi connectivity index (χ1) is 11.1. The Morgan fingerprint density at radius 2 is 2.00 bits per heavy atom. The topological polar surface area (TPSA) is 62.6 Å². The first kappa shape index (κ1) is 17.3. The molecule has 2 aromatic rings. The molecular formula is C17H22N2O3S. The number of furan rings is 1. The van der Waals surface area contributed by atoms with Crippen LogP contribution in [-0.4, -0.2) is 34.5 Å². The quantitative estimate of drug-likeness (QED) is 0.847. The Labute approximate surface area is 139 Å². The molecule has 1 N–H and O–H groups in total. The Morgan fingerprint density at radius 3 is 2.65 bits per heavy atom. The lowest BCUT2D eigenvalue weighted by Crippen LogP contribution is -2.40. The number of carbonyl (C=O) groups is 1. The maximum atomic E-state index is 12.1. The van der Waals surface area contributed by atoms with Crippen molar-refractivity contribution in [3.63, 3.8) is 0 Å². The molecule has 0 fully saturated rings. The first-order valence-electron chi connectivity index (χ1n) is 7.51. The average Bonchev–Trinajstić information content (AvgIpc) is 3.08. The standard InChI is InChI=1S/C17H22N2O3S/c1-14(16-9-6-11-22-16)19(2)17(20)18-10-12-23(21)13-15-7-4-3-5-8-15/h3-9,11,14H,10,12-13H2,1-2H3,(H,18,20)/t14-,23-/m1/s1. The van der Waals surface area contributed by atoms with E-state index in [0.717, 1.165) is 11.3 Å². The lowest BCUT2D eigenvalue weighted by Gasteiger charge is -2.23. The number of urea groups is 1. The van der Waals surface area contributed by atoms with E-state index in [2.05, 4.69) is 5.32 Å². The van der Waals surface area contributed by atoms with Gasteiger partial charge in [0.05, 0.1) is 12.3 Å². The van der Waals surface area contributed by atoms with E-state index in [1.807, 2.05) is 43.3 Å². The van der Waals surface area contributed by atoms with Crippen LogP contribution in [0, 0.1) is 0 Å². The number of amides is 2. The molecule has 0 spiro atoms. The van der Waals surface area contributed by atoms with Gasteiger partial charge in [-0.2, -0.15) is 0 Å². The Morgan fingerprint density at radius 1 is 1.26 bits per heavy atom. The second-order valence-electron chi connectivity index (χ2n) is 5.31. The Hall–Kier alpha value is -2.08. The highest BCUT2D eigenvalue weighted by Gasteiger charge is 2.19. The van der Waals surface area contributed by atoms with Gasteiger partial charge in [0.15, 0.2) is 0 Å². The molecule has 23 heavy (non-hydrogen) atoms. The second-order valence-corrected chi connectivity index (χ2v) is 6.88. The minimum Gasteiger partial charge on any atom is -0.467 e. The maximum absolute atomic E-state index is 12.1. The normalized spacial score (nSPS) is 13.3. The summed E-state index contributed by atoms with van der Waals surface area (Å²) < 4.78 is 17.3. The number of hydrogen-bond donors (Lipinski definition) is 1. The van der Waals surface area contributed by atoms with Crippen LogP contribution in [0.1, 0.15) is 24.3 Å². The molecule has 124 valence electrons. The van der Waals surface area contributed by atoms with Crippen LogP contribution in [0.2, 0.25) is 0 Å². The fourth-order valence-electron chi connectivity index (χ4n) is 2.12. The summed E-state index contributed by atoms with van der Waals surface area (Å²) in [6.45, 7) is 2.28. The van der Waals surface area contributed by atoms with Crippen LogP contribution in [-0.2, 0) is 16.6 Å². The van der Waals surface area contributed by atoms with Crippen molar-refractivity contribution in [2.45, 2.75) is 18.7 Å². The van der Waals surface area contributed by atoms with E-state index in [4.69, 9.17) is 4.42 Å². The highest BCUT2D eigenvalue weighted by Crippen LogP contribution is 2.18. The minimum atomic E-state index is -0.993. The van der Waals surface area contributed by atoms with E-state index in [-0.39, 0.29) is 12.1 Å². The molecule has 1 aromatic carbocycles. The number of rotatable bonds is 7. The molecule has 5 nitrogen and oxygen atoms in total. The van der Waals surface area contributed by atoms with Gasteiger partial charge in [-0.05, 0) is 24.6 Å². The highest BCUT2D eigenvalue weighted by molar-refractivity contribution is 7.84. The summed E-state index contributed by atoms with van der Waals surface area (Å²) >= 11 is 0. The van der Waals surface area contributed by atoms with Crippen LogP contribution in [0.4, 0.5) is 4.79 Å². The third-order valence-electron chi connectivity index (χ3n) is 3.63. The molecule has 2 rings (SSSR count). The van der Waals surface area contributed by atoms with Crippen LogP contribution < -0.4 is 5.32 Å². The minimum absolute atomic E-state index is 0.153. The van der Waals surface area contributed by atoms with Gasteiger partial charge in [-0.15, -0.1) is 0 Å². The van der Waals surface area contributed by atoms with E-state index < -0.39 is 10.8 Å².